The van der Waals surface area contributed by atoms with Gasteiger partial charge in [-0.15, -0.1) is 0 Å². The normalized spacial score (nSPS) is 11.4. The highest BCUT2D eigenvalue weighted by Crippen LogP contribution is 2.23. The van der Waals surface area contributed by atoms with Crippen LogP contribution in [0.5, 0.6) is 0 Å². The van der Waals surface area contributed by atoms with Gasteiger partial charge in [0.1, 0.15) is 0 Å². The van der Waals surface area contributed by atoms with Crippen molar-refractivity contribution in [3.8, 4) is 0 Å². The highest BCUT2D eigenvalue weighted by atomic mass is 28.3. The SMILES string of the molecule is COB(OC)[Si](B(OC)OC)(B(OC)OC)B(OC)OC. The van der Waals surface area contributed by atoms with E-state index >= 15 is 0 Å². The Labute approximate surface area is 129 Å². The lowest BCUT2D eigenvalue weighted by Gasteiger charge is -2.38. The van der Waals surface area contributed by atoms with Crippen molar-refractivity contribution in [2.75, 3.05) is 56.9 Å². The van der Waals surface area contributed by atoms with Crippen molar-refractivity contribution in [3.05, 3.63) is 0 Å². The maximum Gasteiger partial charge on any atom is 0.429 e. The lowest BCUT2D eigenvalue weighted by Crippen LogP contribution is -2.84. The Bertz CT molecular complexity index is 209. The summed E-state index contributed by atoms with van der Waals surface area (Å²) in [5.41, 5.74) is 0. The maximum absolute atomic E-state index is 5.48. The van der Waals surface area contributed by atoms with Crippen molar-refractivity contribution in [1.82, 2.24) is 0 Å². The summed E-state index contributed by atoms with van der Waals surface area (Å²) in [4.78, 5) is 0. The van der Waals surface area contributed by atoms with Crippen LogP contribution in [0.15, 0.2) is 0 Å². The van der Waals surface area contributed by atoms with Gasteiger partial charge in [-0.1, -0.05) is 0 Å². The second-order valence-corrected chi connectivity index (χ2v) is 8.10. The van der Waals surface area contributed by atoms with E-state index in [2.05, 4.69) is 0 Å². The minimum atomic E-state index is -3.09. The summed E-state index contributed by atoms with van der Waals surface area (Å²) in [6, 6.07) is 0. The van der Waals surface area contributed by atoms with E-state index in [9.17, 15) is 0 Å². The molecule has 0 unspecified atom stereocenters. The van der Waals surface area contributed by atoms with E-state index in [1.807, 2.05) is 0 Å². The van der Waals surface area contributed by atoms with Crippen LogP contribution in [0.3, 0.4) is 0 Å². The molecule has 120 valence electrons. The number of hydrogen-bond donors (Lipinski definition) is 0. The van der Waals surface area contributed by atoms with Gasteiger partial charge in [0.25, 0.3) is 0 Å². The molecule has 0 aliphatic heterocycles. The zero-order chi connectivity index (χ0) is 16.5. The highest BCUT2D eigenvalue weighted by molar-refractivity contribution is 7.91. The molecule has 0 radical (unpaired) electrons. The molecule has 0 amide bonds. The Morgan fingerprint density at radius 2 is 0.524 bits per heavy atom. The fourth-order valence-electron chi connectivity index (χ4n) is 2.68. The molecule has 0 rings (SSSR count). The minimum Gasteiger partial charge on any atom is -0.418 e. The summed E-state index contributed by atoms with van der Waals surface area (Å²) in [7, 11) is 9.04. The van der Waals surface area contributed by atoms with Crippen molar-refractivity contribution in [3.63, 3.8) is 0 Å². The van der Waals surface area contributed by atoms with Crippen LogP contribution in [0.1, 0.15) is 0 Å². The molecule has 21 heavy (non-hydrogen) atoms. The van der Waals surface area contributed by atoms with Crippen LogP contribution < -0.4 is 0 Å². The lowest BCUT2D eigenvalue weighted by atomic mass is 10.2. The van der Waals surface area contributed by atoms with Gasteiger partial charge in [-0.25, -0.2) is 0 Å². The van der Waals surface area contributed by atoms with Crippen molar-refractivity contribution in [1.29, 1.82) is 0 Å². The van der Waals surface area contributed by atoms with Crippen LogP contribution in [0.4, 0.5) is 0 Å². The predicted octanol–water partition coefficient (Wildman–Crippen LogP) is -1.13. The molecule has 0 aromatic heterocycles. The van der Waals surface area contributed by atoms with Gasteiger partial charge >= 0.3 is 26.8 Å². The van der Waals surface area contributed by atoms with Crippen molar-refractivity contribution in [2.45, 2.75) is 0 Å². The Morgan fingerprint density at radius 3 is 0.619 bits per heavy atom. The van der Waals surface area contributed by atoms with Crippen LogP contribution in [0.2, 0.25) is 0 Å². The van der Waals surface area contributed by atoms with Gasteiger partial charge in [0, 0.05) is 56.9 Å². The molecular formula is C8H24B4O8Si. The largest absolute Gasteiger partial charge is 0.429 e. The van der Waals surface area contributed by atoms with E-state index in [0.29, 0.717) is 0 Å². The zero-order valence-corrected chi connectivity index (χ0v) is 15.1. The fourth-order valence-corrected chi connectivity index (χ4v) is 7.28. The Morgan fingerprint density at radius 1 is 0.381 bits per heavy atom. The summed E-state index contributed by atoms with van der Waals surface area (Å²) >= 11 is 0. The van der Waals surface area contributed by atoms with Crippen LogP contribution in [-0.2, 0) is 37.2 Å². The molecule has 0 aromatic rings. The summed E-state index contributed by atoms with van der Waals surface area (Å²) in [5, 5.41) is 0. The van der Waals surface area contributed by atoms with Gasteiger partial charge in [0.15, 0.2) is 0 Å². The minimum absolute atomic E-state index is 0.711. The molecular weight excluding hydrogens is 295 g/mol. The third kappa shape index (κ3) is 4.12. The smallest absolute Gasteiger partial charge is 0.418 e. The standard InChI is InChI=1S/C8H24B4O8Si/c1-13-9(14-2)21(10(15-3)16-4,11(17-5)18-6)12(19-7)20-8/h1-8H3. The van der Waals surface area contributed by atoms with Crippen LogP contribution in [0.25, 0.3) is 0 Å². The number of hydrogen-bond acceptors (Lipinski definition) is 8. The van der Waals surface area contributed by atoms with E-state index in [1.165, 1.54) is 56.9 Å². The topological polar surface area (TPSA) is 73.8 Å². The van der Waals surface area contributed by atoms with Crippen LogP contribution >= 0.6 is 0 Å². The van der Waals surface area contributed by atoms with Gasteiger partial charge in [-0.05, 0) is 0 Å². The molecule has 0 aliphatic rings. The van der Waals surface area contributed by atoms with E-state index in [-0.39, 0.29) is 0 Å². The predicted molar refractivity (Wildman–Crippen MR) is 84.8 cm³/mol. The second kappa shape index (κ2) is 10.8. The molecule has 0 bridgehead atoms. The Kier molecular flexibility index (Phi) is 10.9. The molecule has 0 fully saturated rings. The van der Waals surface area contributed by atoms with Crippen LogP contribution in [-0.4, -0.2) is 91.3 Å². The summed E-state index contributed by atoms with van der Waals surface area (Å²) in [6.45, 7) is -2.84. The fraction of sp³-hybridized carbons (Fsp3) is 1.00. The molecule has 0 heterocycles. The van der Waals surface area contributed by atoms with Gasteiger partial charge in [-0.2, -0.15) is 0 Å². The number of rotatable bonds is 12. The van der Waals surface area contributed by atoms with Gasteiger partial charge in [0.2, 0.25) is 7.55 Å². The quantitative estimate of drug-likeness (QED) is 0.419. The Balaban J connectivity index is 6.15. The first-order valence-electron chi connectivity index (χ1n) is 6.31. The van der Waals surface area contributed by atoms with Crippen LogP contribution in [0, 0.1) is 0 Å². The molecule has 0 saturated carbocycles. The molecule has 0 aliphatic carbocycles. The Hall–Kier alpha value is 0.157. The molecule has 13 heteroatoms. The first-order chi connectivity index (χ1) is 10.1. The average Bonchev–Trinajstić information content (AvgIpc) is 2.51. The molecule has 0 N–H and O–H groups in total. The first-order valence-corrected chi connectivity index (χ1v) is 8.62. The molecule has 0 atom stereocenters. The van der Waals surface area contributed by atoms with E-state index < -0.39 is 34.4 Å². The molecule has 8 nitrogen and oxygen atoms in total. The van der Waals surface area contributed by atoms with Gasteiger partial charge < -0.3 is 37.2 Å². The van der Waals surface area contributed by atoms with Crippen molar-refractivity contribution < 1.29 is 37.2 Å². The van der Waals surface area contributed by atoms with E-state index in [1.54, 1.807) is 0 Å². The first kappa shape index (κ1) is 21.2. The second-order valence-electron chi connectivity index (χ2n) is 4.21. The molecule has 0 saturated heterocycles. The zero-order valence-electron chi connectivity index (χ0n) is 14.1. The average molecular weight is 320 g/mol. The third-order valence-corrected chi connectivity index (χ3v) is 8.50. The summed E-state index contributed by atoms with van der Waals surface area (Å²) in [5.74, 6) is 0. The summed E-state index contributed by atoms with van der Waals surface area (Å²) in [6.07, 6.45) is 0. The van der Waals surface area contributed by atoms with Crippen molar-refractivity contribution >= 4 is 34.4 Å². The highest BCUT2D eigenvalue weighted by Gasteiger charge is 2.75. The monoisotopic (exact) mass is 320 g/mol. The molecule has 0 aromatic carbocycles. The van der Waals surface area contributed by atoms with Gasteiger partial charge in [-0.3, -0.25) is 0 Å². The van der Waals surface area contributed by atoms with E-state index in [0.717, 1.165) is 0 Å². The molecule has 0 spiro atoms. The maximum atomic E-state index is 5.48. The van der Waals surface area contributed by atoms with Gasteiger partial charge in [0.05, 0.1) is 0 Å². The van der Waals surface area contributed by atoms with Crippen molar-refractivity contribution in [2.24, 2.45) is 0 Å². The third-order valence-electron chi connectivity index (χ3n) is 3.35. The lowest BCUT2D eigenvalue weighted by molar-refractivity contribution is 0.265. The van der Waals surface area contributed by atoms with E-state index in [4.69, 9.17) is 37.2 Å². The summed E-state index contributed by atoms with van der Waals surface area (Å²) < 4.78 is 43.8.